The zero-order valence-electron chi connectivity index (χ0n) is 8.35. The monoisotopic (exact) mass is 237 g/mol. The van der Waals surface area contributed by atoms with Gasteiger partial charge in [-0.1, -0.05) is 22.9 Å². The number of rotatable bonds is 7. The van der Waals surface area contributed by atoms with Gasteiger partial charge < -0.3 is 9.64 Å². The maximum absolute atomic E-state index is 5.26. The van der Waals surface area contributed by atoms with Crippen LogP contribution in [0, 0.1) is 0 Å². The highest BCUT2D eigenvalue weighted by atomic mass is 79.9. The minimum Gasteiger partial charge on any atom is -0.380 e. The Morgan fingerprint density at radius 2 is 2.08 bits per heavy atom. The molecular formula is C9H20BrNO. The van der Waals surface area contributed by atoms with Crippen molar-refractivity contribution in [1.29, 1.82) is 0 Å². The molecule has 0 rings (SSSR count). The zero-order chi connectivity index (χ0) is 9.40. The molecule has 0 saturated heterocycles. The Hall–Kier alpha value is 0.400. The van der Waals surface area contributed by atoms with Crippen LogP contribution in [0.3, 0.4) is 0 Å². The van der Waals surface area contributed by atoms with E-state index in [1.165, 1.54) is 6.42 Å². The van der Waals surface area contributed by atoms with Crippen molar-refractivity contribution in [2.24, 2.45) is 0 Å². The number of likely N-dealkylation sites (N-methyl/N-ethyl adjacent to an activating group) is 1. The molecule has 0 aliphatic carbocycles. The molecule has 0 spiro atoms. The van der Waals surface area contributed by atoms with E-state index >= 15 is 0 Å². The summed E-state index contributed by atoms with van der Waals surface area (Å²) in [6.45, 7) is 8.05. The van der Waals surface area contributed by atoms with Gasteiger partial charge in [-0.25, -0.2) is 0 Å². The molecule has 0 aliphatic heterocycles. The second-order valence-corrected chi connectivity index (χ2v) is 4.63. The quantitative estimate of drug-likeness (QED) is 0.497. The minimum absolute atomic E-state index is 0.618. The van der Waals surface area contributed by atoms with Crippen LogP contribution in [0.15, 0.2) is 0 Å². The van der Waals surface area contributed by atoms with Gasteiger partial charge in [-0.15, -0.1) is 0 Å². The van der Waals surface area contributed by atoms with Crippen molar-refractivity contribution in [2.45, 2.75) is 25.1 Å². The second-order valence-electron chi connectivity index (χ2n) is 3.07. The van der Waals surface area contributed by atoms with Gasteiger partial charge in [0.05, 0.1) is 6.61 Å². The molecular weight excluding hydrogens is 218 g/mol. The summed E-state index contributed by atoms with van der Waals surface area (Å²) >= 11 is 3.53. The van der Waals surface area contributed by atoms with Crippen LogP contribution in [-0.4, -0.2) is 43.1 Å². The fourth-order valence-electron chi connectivity index (χ4n) is 0.875. The van der Waals surface area contributed by atoms with Crippen LogP contribution in [0.1, 0.15) is 20.3 Å². The van der Waals surface area contributed by atoms with Crippen LogP contribution in [-0.2, 0) is 4.74 Å². The Labute approximate surface area is 84.4 Å². The summed E-state index contributed by atoms with van der Waals surface area (Å²) in [4.78, 5) is 2.92. The number of hydrogen-bond acceptors (Lipinski definition) is 2. The van der Waals surface area contributed by atoms with Crippen molar-refractivity contribution in [2.75, 3.05) is 33.4 Å². The molecule has 1 atom stereocenters. The smallest absolute Gasteiger partial charge is 0.0593 e. The second kappa shape index (κ2) is 8.02. The first-order valence-corrected chi connectivity index (χ1v) is 5.48. The molecule has 2 nitrogen and oxygen atoms in total. The van der Waals surface area contributed by atoms with Crippen LogP contribution < -0.4 is 0 Å². The van der Waals surface area contributed by atoms with Crippen molar-refractivity contribution in [3.8, 4) is 0 Å². The Morgan fingerprint density at radius 1 is 1.42 bits per heavy atom. The molecule has 0 bridgehead atoms. The molecule has 0 aromatic carbocycles. The van der Waals surface area contributed by atoms with Gasteiger partial charge >= 0.3 is 0 Å². The van der Waals surface area contributed by atoms with E-state index in [0.717, 1.165) is 26.3 Å². The molecule has 0 fully saturated rings. The molecule has 0 N–H and O–H groups in total. The van der Waals surface area contributed by atoms with Crippen molar-refractivity contribution >= 4 is 15.9 Å². The highest BCUT2D eigenvalue weighted by molar-refractivity contribution is 9.09. The van der Waals surface area contributed by atoms with E-state index in [1.807, 2.05) is 6.92 Å². The number of nitrogens with zero attached hydrogens (tertiary/aromatic N) is 1. The third-order valence-electron chi connectivity index (χ3n) is 1.73. The summed E-state index contributed by atoms with van der Waals surface area (Å²) in [5, 5.41) is 0. The van der Waals surface area contributed by atoms with Crippen molar-refractivity contribution < 1.29 is 4.74 Å². The zero-order valence-corrected chi connectivity index (χ0v) is 9.93. The minimum atomic E-state index is 0.618. The third-order valence-corrected chi connectivity index (χ3v) is 2.19. The summed E-state index contributed by atoms with van der Waals surface area (Å²) in [6.07, 6.45) is 1.20. The number of alkyl halides is 1. The lowest BCUT2D eigenvalue weighted by Gasteiger charge is -2.16. The van der Waals surface area contributed by atoms with Crippen LogP contribution in [0.4, 0.5) is 0 Å². The lowest BCUT2D eigenvalue weighted by atomic mass is 10.3. The number of halogens is 1. The molecule has 0 amide bonds. The van der Waals surface area contributed by atoms with Gasteiger partial charge in [0.25, 0.3) is 0 Å². The van der Waals surface area contributed by atoms with Crippen LogP contribution in [0.25, 0.3) is 0 Å². The Kier molecular flexibility index (Phi) is 8.29. The average molecular weight is 238 g/mol. The molecule has 1 unspecified atom stereocenters. The largest absolute Gasteiger partial charge is 0.380 e. The Morgan fingerprint density at radius 3 is 2.58 bits per heavy atom. The molecule has 0 aliphatic rings. The summed E-state index contributed by atoms with van der Waals surface area (Å²) in [6, 6.07) is 0. The van der Waals surface area contributed by atoms with E-state index < -0.39 is 0 Å². The van der Waals surface area contributed by atoms with Gasteiger partial charge in [-0.05, 0) is 26.9 Å². The summed E-state index contributed by atoms with van der Waals surface area (Å²) in [5.74, 6) is 0. The Bertz CT molecular complexity index is 98.5. The van der Waals surface area contributed by atoms with E-state index in [2.05, 4.69) is 34.8 Å². The van der Waals surface area contributed by atoms with Gasteiger partial charge in [0.2, 0.25) is 0 Å². The topological polar surface area (TPSA) is 12.5 Å². The number of ether oxygens (including phenoxy) is 1. The molecule has 0 radical (unpaired) electrons. The van der Waals surface area contributed by atoms with E-state index in [-0.39, 0.29) is 0 Å². The standard InChI is InChI=1S/C9H20BrNO/c1-4-12-8-7-11(3)6-5-9(2)10/h9H,4-8H2,1-3H3. The third kappa shape index (κ3) is 8.50. The summed E-state index contributed by atoms with van der Waals surface area (Å²) < 4.78 is 5.26. The number of hydrogen-bond donors (Lipinski definition) is 0. The molecule has 0 aromatic rings. The van der Waals surface area contributed by atoms with Gasteiger partial charge in [0.1, 0.15) is 0 Å². The van der Waals surface area contributed by atoms with E-state index in [0.29, 0.717) is 4.83 Å². The summed E-state index contributed by atoms with van der Waals surface area (Å²) in [5.41, 5.74) is 0. The fourth-order valence-corrected chi connectivity index (χ4v) is 1.08. The van der Waals surface area contributed by atoms with Gasteiger partial charge in [-0.3, -0.25) is 0 Å². The van der Waals surface area contributed by atoms with Gasteiger partial charge in [0.15, 0.2) is 0 Å². The van der Waals surface area contributed by atoms with E-state index in [1.54, 1.807) is 0 Å². The maximum atomic E-state index is 5.26. The van der Waals surface area contributed by atoms with Gasteiger partial charge in [-0.2, -0.15) is 0 Å². The lowest BCUT2D eigenvalue weighted by molar-refractivity contribution is 0.122. The van der Waals surface area contributed by atoms with Crippen molar-refractivity contribution in [3.63, 3.8) is 0 Å². The molecule has 3 heteroatoms. The lowest BCUT2D eigenvalue weighted by Crippen LogP contribution is -2.25. The van der Waals surface area contributed by atoms with Crippen molar-refractivity contribution in [1.82, 2.24) is 4.90 Å². The molecule has 74 valence electrons. The van der Waals surface area contributed by atoms with Crippen LogP contribution in [0.5, 0.6) is 0 Å². The predicted molar refractivity (Wildman–Crippen MR) is 57.0 cm³/mol. The SMILES string of the molecule is CCOCCN(C)CCC(C)Br. The Balaban J connectivity index is 3.15. The summed E-state index contributed by atoms with van der Waals surface area (Å²) in [7, 11) is 2.13. The predicted octanol–water partition coefficient (Wildman–Crippen LogP) is 2.13. The first kappa shape index (κ1) is 12.4. The molecule has 0 heterocycles. The van der Waals surface area contributed by atoms with Gasteiger partial charge in [0, 0.05) is 18.0 Å². The first-order chi connectivity index (χ1) is 5.66. The average Bonchev–Trinajstić information content (AvgIpc) is 2.01. The molecule has 0 saturated carbocycles. The van der Waals surface area contributed by atoms with Crippen molar-refractivity contribution in [3.05, 3.63) is 0 Å². The first-order valence-electron chi connectivity index (χ1n) is 4.57. The van der Waals surface area contributed by atoms with E-state index in [4.69, 9.17) is 4.74 Å². The van der Waals surface area contributed by atoms with E-state index in [9.17, 15) is 0 Å². The van der Waals surface area contributed by atoms with Crippen LogP contribution >= 0.6 is 15.9 Å². The fraction of sp³-hybridized carbons (Fsp3) is 1.00. The molecule has 12 heavy (non-hydrogen) atoms. The van der Waals surface area contributed by atoms with Crippen LogP contribution in [0.2, 0.25) is 0 Å². The highest BCUT2D eigenvalue weighted by Gasteiger charge is 2.00. The highest BCUT2D eigenvalue weighted by Crippen LogP contribution is 2.03. The molecule has 0 aromatic heterocycles. The normalized spacial score (nSPS) is 13.8. The maximum Gasteiger partial charge on any atom is 0.0593 e.